The summed E-state index contributed by atoms with van der Waals surface area (Å²) in [6.07, 6.45) is 2.35. The van der Waals surface area contributed by atoms with Gasteiger partial charge in [0.15, 0.2) is 0 Å². The minimum atomic E-state index is -0.377. The second kappa shape index (κ2) is 11.1. The summed E-state index contributed by atoms with van der Waals surface area (Å²) in [7, 11) is 0. The summed E-state index contributed by atoms with van der Waals surface area (Å²) < 4.78 is 38.7. The number of benzene rings is 3. The average Bonchev–Trinajstić information content (AvgIpc) is 3.33. The maximum atomic E-state index is 13.8. The highest BCUT2D eigenvalue weighted by molar-refractivity contribution is 5.94. The number of carbonyl (C=O) groups is 1. The van der Waals surface area contributed by atoms with E-state index in [1.807, 2.05) is 24.3 Å². The van der Waals surface area contributed by atoms with Crippen LogP contribution >= 0.6 is 0 Å². The molecule has 0 aliphatic carbocycles. The molecule has 0 saturated carbocycles. The molecule has 1 heterocycles. The minimum absolute atomic E-state index is 0.00500. The Morgan fingerprint density at radius 1 is 1.03 bits per heavy atom. The highest BCUT2D eigenvalue weighted by atomic mass is 19.1. The second-order valence-corrected chi connectivity index (χ2v) is 8.16. The molecule has 0 unspecified atom stereocenters. The maximum absolute atomic E-state index is 13.8. The topological polar surface area (TPSA) is 38.8 Å². The van der Waals surface area contributed by atoms with E-state index in [4.69, 9.17) is 9.47 Å². The fourth-order valence-electron chi connectivity index (χ4n) is 3.96. The summed E-state index contributed by atoms with van der Waals surface area (Å²) in [4.78, 5) is 14.9. The third-order valence-corrected chi connectivity index (χ3v) is 5.70. The molecule has 1 aliphatic heterocycles. The molecule has 33 heavy (non-hydrogen) atoms. The van der Waals surface area contributed by atoms with Crippen molar-refractivity contribution in [2.75, 3.05) is 19.8 Å². The van der Waals surface area contributed by atoms with E-state index in [0.717, 1.165) is 18.4 Å². The Morgan fingerprint density at radius 2 is 1.85 bits per heavy atom. The molecule has 1 fully saturated rings. The molecule has 1 amide bonds. The standard InChI is InChI=1S/C27H27F2NO3/c28-23-12-10-22(11-13-23)27(31)30(19-25-8-4-15-32-25)18-20-5-3-7-24(17-20)33-16-14-21-6-1-2-9-26(21)29/h1-3,5-7,9-13,17,25H,4,8,14-16,18-19H2/t25-/m1/s1. The van der Waals surface area contributed by atoms with E-state index >= 15 is 0 Å². The van der Waals surface area contributed by atoms with Gasteiger partial charge in [0.1, 0.15) is 17.4 Å². The third-order valence-electron chi connectivity index (χ3n) is 5.70. The molecule has 3 aromatic carbocycles. The quantitative estimate of drug-likeness (QED) is 0.437. The van der Waals surface area contributed by atoms with Crippen LogP contribution < -0.4 is 4.74 Å². The lowest BCUT2D eigenvalue weighted by molar-refractivity contribution is 0.0507. The number of carbonyl (C=O) groups excluding carboxylic acids is 1. The van der Waals surface area contributed by atoms with E-state index in [-0.39, 0.29) is 23.6 Å². The lowest BCUT2D eigenvalue weighted by Gasteiger charge is -2.26. The molecule has 1 aliphatic rings. The zero-order chi connectivity index (χ0) is 23.0. The van der Waals surface area contributed by atoms with Crippen LogP contribution in [-0.2, 0) is 17.7 Å². The second-order valence-electron chi connectivity index (χ2n) is 8.16. The predicted molar refractivity (Wildman–Crippen MR) is 122 cm³/mol. The van der Waals surface area contributed by atoms with Crippen LogP contribution in [0.4, 0.5) is 8.78 Å². The Bertz CT molecular complexity index is 1060. The molecule has 0 radical (unpaired) electrons. The number of hydrogen-bond donors (Lipinski definition) is 0. The smallest absolute Gasteiger partial charge is 0.254 e. The molecular weight excluding hydrogens is 424 g/mol. The first-order valence-corrected chi connectivity index (χ1v) is 11.2. The van der Waals surface area contributed by atoms with Gasteiger partial charge in [-0.05, 0) is 66.4 Å². The van der Waals surface area contributed by atoms with Gasteiger partial charge in [0, 0.05) is 31.7 Å². The van der Waals surface area contributed by atoms with Gasteiger partial charge in [-0.1, -0.05) is 30.3 Å². The molecule has 6 heteroatoms. The van der Waals surface area contributed by atoms with Crippen molar-refractivity contribution in [1.29, 1.82) is 0 Å². The van der Waals surface area contributed by atoms with Crippen LogP contribution in [0.1, 0.15) is 34.3 Å². The van der Waals surface area contributed by atoms with Gasteiger partial charge < -0.3 is 14.4 Å². The molecule has 0 aromatic heterocycles. The lowest BCUT2D eigenvalue weighted by Crippen LogP contribution is -2.37. The SMILES string of the molecule is O=C(c1ccc(F)cc1)N(Cc1cccc(OCCc2ccccc2F)c1)C[C@H]1CCCO1. The van der Waals surface area contributed by atoms with Gasteiger partial charge in [0.25, 0.3) is 5.91 Å². The predicted octanol–water partition coefficient (Wildman–Crippen LogP) is 5.41. The van der Waals surface area contributed by atoms with Crippen LogP contribution in [0.25, 0.3) is 0 Å². The summed E-state index contributed by atoms with van der Waals surface area (Å²) in [6, 6.07) is 19.8. The Labute approximate surface area is 192 Å². The zero-order valence-electron chi connectivity index (χ0n) is 18.4. The Kier molecular flexibility index (Phi) is 7.68. The molecule has 4 rings (SSSR count). The van der Waals surface area contributed by atoms with Crippen molar-refractivity contribution in [1.82, 2.24) is 4.90 Å². The fraction of sp³-hybridized carbons (Fsp3) is 0.296. The molecule has 3 aromatic rings. The van der Waals surface area contributed by atoms with E-state index in [1.54, 1.807) is 23.1 Å². The molecule has 1 atom stereocenters. The highest BCUT2D eigenvalue weighted by Gasteiger charge is 2.24. The monoisotopic (exact) mass is 451 g/mol. The van der Waals surface area contributed by atoms with Crippen molar-refractivity contribution in [2.45, 2.75) is 31.9 Å². The Morgan fingerprint density at radius 3 is 2.61 bits per heavy atom. The number of nitrogens with zero attached hydrogens (tertiary/aromatic N) is 1. The van der Waals surface area contributed by atoms with Crippen LogP contribution in [0.3, 0.4) is 0 Å². The first-order valence-electron chi connectivity index (χ1n) is 11.2. The number of halogens is 2. The van der Waals surface area contributed by atoms with Crippen LogP contribution in [0, 0.1) is 11.6 Å². The fourth-order valence-corrected chi connectivity index (χ4v) is 3.96. The summed E-state index contributed by atoms with van der Waals surface area (Å²) in [5.41, 5.74) is 1.96. The van der Waals surface area contributed by atoms with Crippen molar-refractivity contribution < 1.29 is 23.0 Å². The van der Waals surface area contributed by atoms with E-state index in [2.05, 4.69) is 0 Å². The molecular formula is C27H27F2NO3. The number of hydrogen-bond acceptors (Lipinski definition) is 3. The largest absolute Gasteiger partial charge is 0.493 e. The van der Waals surface area contributed by atoms with Crippen molar-refractivity contribution in [3.63, 3.8) is 0 Å². The molecule has 0 spiro atoms. The van der Waals surface area contributed by atoms with Crippen LogP contribution in [0.15, 0.2) is 72.8 Å². The third kappa shape index (κ3) is 6.39. The molecule has 172 valence electrons. The van der Waals surface area contributed by atoms with E-state index in [0.29, 0.717) is 49.6 Å². The van der Waals surface area contributed by atoms with E-state index in [1.165, 1.54) is 30.3 Å². The van der Waals surface area contributed by atoms with Gasteiger partial charge in [-0.2, -0.15) is 0 Å². The van der Waals surface area contributed by atoms with Crippen molar-refractivity contribution in [3.05, 3.63) is 101 Å². The summed E-state index contributed by atoms with van der Waals surface area (Å²) in [6.45, 7) is 1.89. The first-order chi connectivity index (χ1) is 16.1. The van der Waals surface area contributed by atoms with Gasteiger partial charge in [-0.25, -0.2) is 8.78 Å². The van der Waals surface area contributed by atoms with Crippen LogP contribution in [0.5, 0.6) is 5.75 Å². The van der Waals surface area contributed by atoms with Crippen LogP contribution in [0.2, 0.25) is 0 Å². The Hall–Kier alpha value is -3.25. The van der Waals surface area contributed by atoms with Crippen molar-refractivity contribution in [2.24, 2.45) is 0 Å². The van der Waals surface area contributed by atoms with Crippen molar-refractivity contribution in [3.8, 4) is 5.75 Å². The van der Waals surface area contributed by atoms with E-state index < -0.39 is 0 Å². The number of amides is 1. The van der Waals surface area contributed by atoms with Gasteiger partial charge in [0.05, 0.1) is 12.7 Å². The zero-order valence-corrected chi connectivity index (χ0v) is 18.4. The Balaban J connectivity index is 1.43. The molecule has 0 bridgehead atoms. The average molecular weight is 452 g/mol. The number of ether oxygens (including phenoxy) is 2. The maximum Gasteiger partial charge on any atom is 0.254 e. The number of rotatable bonds is 9. The normalized spacial score (nSPS) is 15.4. The summed E-state index contributed by atoms with van der Waals surface area (Å²) >= 11 is 0. The van der Waals surface area contributed by atoms with Gasteiger partial charge in [-0.3, -0.25) is 4.79 Å². The van der Waals surface area contributed by atoms with E-state index in [9.17, 15) is 13.6 Å². The summed E-state index contributed by atoms with van der Waals surface area (Å²) in [5, 5.41) is 0. The van der Waals surface area contributed by atoms with Crippen LogP contribution in [-0.4, -0.2) is 36.7 Å². The van der Waals surface area contributed by atoms with Gasteiger partial charge >= 0.3 is 0 Å². The first kappa shape index (κ1) is 22.9. The van der Waals surface area contributed by atoms with Crippen molar-refractivity contribution >= 4 is 5.91 Å². The van der Waals surface area contributed by atoms with Gasteiger partial charge in [-0.15, -0.1) is 0 Å². The molecule has 4 nitrogen and oxygen atoms in total. The summed E-state index contributed by atoms with van der Waals surface area (Å²) in [5.74, 6) is -0.122. The van der Waals surface area contributed by atoms with Gasteiger partial charge in [0.2, 0.25) is 0 Å². The lowest BCUT2D eigenvalue weighted by atomic mass is 10.1. The minimum Gasteiger partial charge on any atom is -0.493 e. The molecule has 0 N–H and O–H groups in total. The molecule has 1 saturated heterocycles. The highest BCUT2D eigenvalue weighted by Crippen LogP contribution is 2.20.